The van der Waals surface area contributed by atoms with Crippen LogP contribution < -0.4 is 5.73 Å². The SMILES string of the molecule is CCCCc1ccc(-c2noc(CN)n2)cc1. The standard InChI is InChI=1S/C13H17N3O/c1-2-3-4-10-5-7-11(8-6-10)13-15-12(9-14)17-16-13/h5-8H,2-4,9,14H2,1H3. The van der Waals surface area contributed by atoms with Gasteiger partial charge in [0.25, 0.3) is 0 Å². The molecule has 90 valence electrons. The van der Waals surface area contributed by atoms with Crippen LogP contribution in [0.25, 0.3) is 11.4 Å². The summed E-state index contributed by atoms with van der Waals surface area (Å²) in [5.41, 5.74) is 7.74. The summed E-state index contributed by atoms with van der Waals surface area (Å²) in [4.78, 5) is 4.19. The van der Waals surface area contributed by atoms with Crippen molar-refractivity contribution in [2.24, 2.45) is 5.73 Å². The molecule has 0 spiro atoms. The zero-order valence-corrected chi connectivity index (χ0v) is 10.0. The molecule has 17 heavy (non-hydrogen) atoms. The summed E-state index contributed by atoms with van der Waals surface area (Å²) in [6, 6.07) is 8.28. The highest BCUT2D eigenvalue weighted by Crippen LogP contribution is 2.17. The Balaban J connectivity index is 2.11. The van der Waals surface area contributed by atoms with Crippen molar-refractivity contribution in [2.75, 3.05) is 0 Å². The van der Waals surface area contributed by atoms with Gasteiger partial charge in [-0.1, -0.05) is 42.8 Å². The molecule has 2 rings (SSSR count). The lowest BCUT2D eigenvalue weighted by Gasteiger charge is -2.00. The molecule has 1 aromatic carbocycles. The maximum atomic E-state index is 5.42. The predicted molar refractivity (Wildman–Crippen MR) is 66.2 cm³/mol. The summed E-state index contributed by atoms with van der Waals surface area (Å²) in [6.45, 7) is 2.48. The molecule has 0 bridgehead atoms. The summed E-state index contributed by atoms with van der Waals surface area (Å²) in [5.74, 6) is 1.07. The minimum Gasteiger partial charge on any atom is -0.338 e. The number of nitrogens with two attached hydrogens (primary N) is 1. The molecule has 0 unspecified atom stereocenters. The monoisotopic (exact) mass is 231 g/mol. The minimum atomic E-state index is 0.279. The number of nitrogens with zero attached hydrogens (tertiary/aromatic N) is 2. The number of hydrogen-bond acceptors (Lipinski definition) is 4. The van der Waals surface area contributed by atoms with Gasteiger partial charge in [-0.05, 0) is 18.4 Å². The lowest BCUT2D eigenvalue weighted by molar-refractivity contribution is 0.380. The topological polar surface area (TPSA) is 64.9 Å². The van der Waals surface area contributed by atoms with Crippen LogP contribution in [0, 0.1) is 0 Å². The van der Waals surface area contributed by atoms with Crippen LogP contribution >= 0.6 is 0 Å². The first-order chi connectivity index (χ1) is 8.33. The summed E-state index contributed by atoms with van der Waals surface area (Å²) in [5, 5.41) is 3.88. The summed E-state index contributed by atoms with van der Waals surface area (Å²) < 4.78 is 4.98. The van der Waals surface area contributed by atoms with Gasteiger partial charge in [-0.3, -0.25) is 0 Å². The molecular formula is C13H17N3O. The lowest BCUT2D eigenvalue weighted by Crippen LogP contribution is -1.95. The zero-order valence-electron chi connectivity index (χ0n) is 10.0. The Labute approximate surface area is 101 Å². The van der Waals surface area contributed by atoms with E-state index in [1.807, 2.05) is 12.1 Å². The smallest absolute Gasteiger partial charge is 0.240 e. The first-order valence-corrected chi connectivity index (χ1v) is 5.95. The van der Waals surface area contributed by atoms with E-state index in [-0.39, 0.29) is 6.54 Å². The van der Waals surface area contributed by atoms with Crippen LogP contribution in [0.4, 0.5) is 0 Å². The highest BCUT2D eigenvalue weighted by molar-refractivity contribution is 5.54. The van der Waals surface area contributed by atoms with Gasteiger partial charge in [0.05, 0.1) is 6.54 Å². The average Bonchev–Trinajstić information content (AvgIpc) is 2.86. The van der Waals surface area contributed by atoms with Crippen molar-refractivity contribution in [3.63, 3.8) is 0 Å². The summed E-state index contributed by atoms with van der Waals surface area (Å²) >= 11 is 0. The summed E-state index contributed by atoms with van der Waals surface area (Å²) in [6.07, 6.45) is 3.56. The molecule has 0 aliphatic carbocycles. The van der Waals surface area contributed by atoms with E-state index in [1.54, 1.807) is 0 Å². The minimum absolute atomic E-state index is 0.279. The number of unbranched alkanes of at least 4 members (excludes halogenated alkanes) is 1. The Morgan fingerprint density at radius 2 is 2.00 bits per heavy atom. The van der Waals surface area contributed by atoms with Crippen molar-refractivity contribution in [1.82, 2.24) is 10.1 Å². The molecule has 0 saturated heterocycles. The fourth-order valence-electron chi connectivity index (χ4n) is 1.66. The average molecular weight is 231 g/mol. The molecule has 2 N–H and O–H groups in total. The molecule has 0 fully saturated rings. The highest BCUT2D eigenvalue weighted by atomic mass is 16.5. The van der Waals surface area contributed by atoms with Crippen molar-refractivity contribution in [3.8, 4) is 11.4 Å². The van der Waals surface area contributed by atoms with Crippen LogP contribution in [0.3, 0.4) is 0 Å². The third kappa shape index (κ3) is 2.91. The maximum Gasteiger partial charge on any atom is 0.240 e. The Morgan fingerprint density at radius 3 is 2.59 bits per heavy atom. The Bertz CT molecular complexity index is 462. The van der Waals surface area contributed by atoms with Gasteiger partial charge in [-0.15, -0.1) is 0 Å². The predicted octanol–water partition coefficient (Wildman–Crippen LogP) is 2.54. The van der Waals surface area contributed by atoms with Crippen LogP contribution in [0.15, 0.2) is 28.8 Å². The molecule has 4 heteroatoms. The fraction of sp³-hybridized carbons (Fsp3) is 0.385. The second kappa shape index (κ2) is 5.59. The van der Waals surface area contributed by atoms with Gasteiger partial charge in [-0.25, -0.2) is 0 Å². The molecule has 1 heterocycles. The highest BCUT2D eigenvalue weighted by Gasteiger charge is 2.06. The van der Waals surface area contributed by atoms with Crippen LogP contribution in [0.5, 0.6) is 0 Å². The second-order valence-corrected chi connectivity index (χ2v) is 4.02. The van der Waals surface area contributed by atoms with Crippen molar-refractivity contribution in [3.05, 3.63) is 35.7 Å². The summed E-state index contributed by atoms with van der Waals surface area (Å²) in [7, 11) is 0. The molecule has 4 nitrogen and oxygen atoms in total. The molecular weight excluding hydrogens is 214 g/mol. The van der Waals surface area contributed by atoms with Gasteiger partial charge < -0.3 is 10.3 Å². The van der Waals surface area contributed by atoms with Crippen LogP contribution in [-0.2, 0) is 13.0 Å². The van der Waals surface area contributed by atoms with E-state index in [1.165, 1.54) is 18.4 Å². The second-order valence-electron chi connectivity index (χ2n) is 4.02. The van der Waals surface area contributed by atoms with E-state index in [0.29, 0.717) is 11.7 Å². The third-order valence-electron chi connectivity index (χ3n) is 2.67. The van der Waals surface area contributed by atoms with Crippen LogP contribution in [-0.4, -0.2) is 10.1 Å². The molecule has 0 atom stereocenters. The Kier molecular flexibility index (Phi) is 3.88. The van der Waals surface area contributed by atoms with E-state index < -0.39 is 0 Å². The molecule has 0 aliphatic rings. The third-order valence-corrected chi connectivity index (χ3v) is 2.67. The molecule has 0 aliphatic heterocycles. The Hall–Kier alpha value is -1.68. The molecule has 2 aromatic rings. The lowest BCUT2D eigenvalue weighted by atomic mass is 10.1. The van der Waals surface area contributed by atoms with Crippen molar-refractivity contribution >= 4 is 0 Å². The first kappa shape index (κ1) is 11.8. The van der Waals surface area contributed by atoms with E-state index in [9.17, 15) is 0 Å². The van der Waals surface area contributed by atoms with Crippen LogP contribution in [0.2, 0.25) is 0 Å². The number of aromatic nitrogens is 2. The van der Waals surface area contributed by atoms with Gasteiger partial charge in [0.15, 0.2) is 0 Å². The van der Waals surface area contributed by atoms with E-state index in [2.05, 4.69) is 29.2 Å². The van der Waals surface area contributed by atoms with Gasteiger partial charge in [0, 0.05) is 5.56 Å². The van der Waals surface area contributed by atoms with E-state index in [0.717, 1.165) is 12.0 Å². The van der Waals surface area contributed by atoms with Crippen molar-refractivity contribution in [2.45, 2.75) is 32.7 Å². The Morgan fingerprint density at radius 1 is 1.24 bits per heavy atom. The molecule has 1 aromatic heterocycles. The van der Waals surface area contributed by atoms with E-state index >= 15 is 0 Å². The van der Waals surface area contributed by atoms with Gasteiger partial charge in [0.2, 0.25) is 11.7 Å². The fourth-order valence-corrected chi connectivity index (χ4v) is 1.66. The van der Waals surface area contributed by atoms with Gasteiger partial charge in [-0.2, -0.15) is 4.98 Å². The largest absolute Gasteiger partial charge is 0.338 e. The number of hydrogen-bond donors (Lipinski definition) is 1. The van der Waals surface area contributed by atoms with E-state index in [4.69, 9.17) is 10.3 Å². The normalized spacial score (nSPS) is 10.7. The van der Waals surface area contributed by atoms with Crippen molar-refractivity contribution in [1.29, 1.82) is 0 Å². The number of benzene rings is 1. The van der Waals surface area contributed by atoms with Crippen LogP contribution in [0.1, 0.15) is 31.2 Å². The number of aryl methyl sites for hydroxylation is 1. The number of rotatable bonds is 5. The van der Waals surface area contributed by atoms with Gasteiger partial charge >= 0.3 is 0 Å². The first-order valence-electron chi connectivity index (χ1n) is 5.95. The van der Waals surface area contributed by atoms with Gasteiger partial charge in [0.1, 0.15) is 0 Å². The molecule has 0 radical (unpaired) electrons. The quantitative estimate of drug-likeness (QED) is 0.858. The zero-order chi connectivity index (χ0) is 12.1. The molecule has 0 amide bonds. The maximum absolute atomic E-state index is 5.42. The molecule has 0 saturated carbocycles. The van der Waals surface area contributed by atoms with Crippen molar-refractivity contribution < 1.29 is 4.52 Å².